The van der Waals surface area contributed by atoms with Crippen LogP contribution in [0.4, 0.5) is 0 Å². The monoisotopic (exact) mass is 389 g/mol. The summed E-state index contributed by atoms with van der Waals surface area (Å²) in [6.45, 7) is 0. The van der Waals surface area contributed by atoms with Gasteiger partial charge in [0.1, 0.15) is 5.36 Å². The molecule has 124 valence electrons. The van der Waals surface area contributed by atoms with Gasteiger partial charge in [-0.3, -0.25) is 9.78 Å². The number of nitrogens with one attached hydrogen (secondary N) is 1. The minimum absolute atomic E-state index is 0.129. The largest absolute Gasteiger partial charge is 0.493 e. The van der Waals surface area contributed by atoms with Gasteiger partial charge < -0.3 is 5.11 Å². The number of thiazole rings is 1. The summed E-state index contributed by atoms with van der Waals surface area (Å²) < 4.78 is 0. The van der Waals surface area contributed by atoms with Crippen molar-refractivity contribution in [3.8, 4) is 5.88 Å². The molecule has 0 unspecified atom stereocenters. The smallest absolute Gasteiger partial charge is 0.307 e. The second-order valence-electron chi connectivity index (χ2n) is 5.30. The van der Waals surface area contributed by atoms with Gasteiger partial charge in [-0.2, -0.15) is 0 Å². The molecule has 1 aliphatic heterocycles. The first-order valence-corrected chi connectivity index (χ1v) is 8.73. The molecule has 0 saturated carbocycles. The number of aromatic nitrogens is 1. The van der Waals surface area contributed by atoms with E-state index in [1.165, 1.54) is 0 Å². The maximum atomic E-state index is 11.2. The Hall–Kier alpha value is -2.41. The minimum atomic E-state index is -0.298. The third kappa shape index (κ3) is 3.11. The summed E-state index contributed by atoms with van der Waals surface area (Å²) in [6.07, 6.45) is 1.72. The van der Waals surface area contributed by atoms with Gasteiger partial charge in [0.05, 0.1) is 15.3 Å². The van der Waals surface area contributed by atoms with Crippen LogP contribution in [0.5, 0.6) is 5.88 Å². The molecule has 1 aliphatic rings. The van der Waals surface area contributed by atoms with Crippen molar-refractivity contribution in [2.75, 3.05) is 0 Å². The van der Waals surface area contributed by atoms with Crippen LogP contribution < -0.4 is 26.0 Å². The van der Waals surface area contributed by atoms with E-state index >= 15 is 0 Å². The van der Waals surface area contributed by atoms with Crippen molar-refractivity contribution in [1.82, 2.24) is 4.98 Å². The van der Waals surface area contributed by atoms with E-state index in [0.29, 0.717) is 31.5 Å². The predicted molar refractivity (Wildman–Crippen MR) is 98.0 cm³/mol. The summed E-state index contributed by atoms with van der Waals surface area (Å²) in [6, 6.07) is 10.8. The van der Waals surface area contributed by atoms with E-state index in [9.17, 15) is 9.90 Å². The van der Waals surface area contributed by atoms with Crippen LogP contribution >= 0.6 is 34.5 Å². The normalized spacial score (nSPS) is 12.5. The molecule has 0 fully saturated rings. The lowest BCUT2D eigenvalue weighted by Crippen LogP contribution is -2.22. The number of hydrogen-bond donors (Lipinski definition) is 2. The molecular weight excluding hydrogens is 381 g/mol. The number of halogens is 2. The zero-order valence-corrected chi connectivity index (χ0v) is 14.8. The number of rotatable bonds is 1. The first-order chi connectivity index (χ1) is 12.0. The number of fused-ring (bicyclic) bond motifs is 1. The second-order valence-corrected chi connectivity index (χ2v) is 7.15. The first kappa shape index (κ1) is 16.1. The van der Waals surface area contributed by atoms with E-state index in [-0.39, 0.29) is 10.8 Å². The number of hydrogen-bond acceptors (Lipinski definition) is 5. The summed E-state index contributed by atoms with van der Waals surface area (Å²) in [4.78, 5) is 22.7. The van der Waals surface area contributed by atoms with Gasteiger partial charge in [-0.1, -0.05) is 58.8 Å². The van der Waals surface area contributed by atoms with E-state index in [0.717, 1.165) is 21.8 Å². The molecule has 2 N–H and O–H groups in total. The van der Waals surface area contributed by atoms with Crippen LogP contribution in [0.15, 0.2) is 51.2 Å². The fourth-order valence-corrected chi connectivity index (χ4v) is 3.65. The molecule has 3 aromatic rings. The van der Waals surface area contributed by atoms with Crippen LogP contribution in [0.3, 0.4) is 0 Å². The lowest BCUT2D eigenvalue weighted by atomic mass is 10.2. The fraction of sp³-hybridized carbons (Fsp3) is 0. The van der Waals surface area contributed by atoms with E-state index in [2.05, 4.69) is 15.0 Å². The number of H-pyrrole nitrogens is 1. The fourth-order valence-electron chi connectivity index (χ4n) is 2.43. The SMILES string of the molecule is O=c1[nH]c(O)c(C=c2ccc(=C3N=c4cc(Cl)cc(Cl)c4=N3)cc2)s1. The highest BCUT2D eigenvalue weighted by molar-refractivity contribution is 7.10. The van der Waals surface area contributed by atoms with Crippen molar-refractivity contribution in [3.05, 3.63) is 82.1 Å². The third-order valence-corrected chi connectivity index (χ3v) is 4.90. The number of aromatic amines is 1. The number of benzene rings is 2. The molecule has 2 aromatic carbocycles. The van der Waals surface area contributed by atoms with Gasteiger partial charge in [-0.15, -0.1) is 0 Å². The Labute approximate surface area is 154 Å². The first-order valence-electron chi connectivity index (χ1n) is 7.16. The molecule has 1 aromatic heterocycles. The molecule has 25 heavy (non-hydrogen) atoms. The zero-order chi connectivity index (χ0) is 17.6. The van der Waals surface area contributed by atoms with Gasteiger partial charge in [0.2, 0.25) is 5.88 Å². The minimum Gasteiger partial charge on any atom is -0.493 e. The standard InChI is InChI=1S/C17H9Cl2N3O2S/c18-10-6-11(19)14-12(7-10)20-15(21-14)9-3-1-8(2-4-9)5-13-16(23)22-17(24)25-13/h1-7,23H,(H,22,24). The second kappa shape index (κ2) is 6.15. The van der Waals surface area contributed by atoms with Crippen molar-refractivity contribution in [3.63, 3.8) is 0 Å². The summed E-state index contributed by atoms with van der Waals surface area (Å²) in [5, 5.41) is 13.5. The summed E-state index contributed by atoms with van der Waals surface area (Å²) in [5.41, 5.74) is 0. The van der Waals surface area contributed by atoms with Crippen LogP contribution in [0, 0.1) is 0 Å². The van der Waals surface area contributed by atoms with Crippen LogP contribution in [-0.4, -0.2) is 10.1 Å². The summed E-state index contributed by atoms with van der Waals surface area (Å²) in [7, 11) is 0. The lowest BCUT2D eigenvalue weighted by molar-refractivity contribution is 0.455. The molecule has 4 rings (SSSR count). The molecule has 0 radical (unpaired) electrons. The van der Waals surface area contributed by atoms with E-state index in [1.807, 2.05) is 24.3 Å². The summed E-state index contributed by atoms with van der Waals surface area (Å²) in [5.74, 6) is 0.427. The highest BCUT2D eigenvalue weighted by Gasteiger charge is 2.08. The van der Waals surface area contributed by atoms with Crippen molar-refractivity contribution >= 4 is 46.4 Å². The van der Waals surface area contributed by atoms with Crippen LogP contribution in [0.2, 0.25) is 10.0 Å². The molecule has 0 amide bonds. The van der Waals surface area contributed by atoms with Crippen LogP contribution in [0.25, 0.3) is 11.9 Å². The quantitative estimate of drug-likeness (QED) is 0.657. The van der Waals surface area contributed by atoms with Crippen molar-refractivity contribution in [2.45, 2.75) is 0 Å². The molecule has 0 spiro atoms. The Bertz CT molecular complexity index is 1290. The average molecular weight is 390 g/mol. The maximum Gasteiger partial charge on any atom is 0.307 e. The highest BCUT2D eigenvalue weighted by atomic mass is 35.5. The Balaban J connectivity index is 1.82. The summed E-state index contributed by atoms with van der Waals surface area (Å²) >= 11 is 13.1. The van der Waals surface area contributed by atoms with Crippen molar-refractivity contribution in [1.29, 1.82) is 0 Å². The Morgan fingerprint density at radius 1 is 1.12 bits per heavy atom. The highest BCUT2D eigenvalue weighted by Crippen LogP contribution is 2.15. The molecule has 5 nitrogen and oxygen atoms in total. The molecule has 2 heterocycles. The molecule has 0 atom stereocenters. The molecule has 0 aliphatic carbocycles. The zero-order valence-electron chi connectivity index (χ0n) is 12.5. The van der Waals surface area contributed by atoms with Gasteiger partial charge in [-0.05, 0) is 23.4 Å². The molecule has 0 bridgehead atoms. The Morgan fingerprint density at radius 2 is 1.88 bits per heavy atom. The average Bonchev–Trinajstić information content (AvgIpc) is 3.11. The van der Waals surface area contributed by atoms with Gasteiger partial charge in [0.25, 0.3) is 0 Å². The third-order valence-electron chi connectivity index (χ3n) is 3.58. The number of aromatic hydroxyl groups is 1. The lowest BCUT2D eigenvalue weighted by Gasteiger charge is -1.91. The maximum absolute atomic E-state index is 11.2. The number of nitrogens with zero attached hydrogens (tertiary/aromatic N) is 2. The van der Waals surface area contributed by atoms with Crippen molar-refractivity contribution < 1.29 is 5.11 Å². The Morgan fingerprint density at radius 3 is 2.56 bits per heavy atom. The molecule has 8 heteroatoms. The van der Waals surface area contributed by atoms with Crippen molar-refractivity contribution in [2.24, 2.45) is 9.98 Å². The van der Waals surface area contributed by atoms with Crippen LogP contribution in [0.1, 0.15) is 4.88 Å². The molecule has 0 saturated heterocycles. The van der Waals surface area contributed by atoms with E-state index < -0.39 is 0 Å². The molecular formula is C17H9Cl2N3O2S. The predicted octanol–water partition coefficient (Wildman–Crippen LogP) is 1.30. The van der Waals surface area contributed by atoms with Gasteiger partial charge in [0, 0.05) is 10.2 Å². The van der Waals surface area contributed by atoms with Gasteiger partial charge >= 0.3 is 4.87 Å². The topological polar surface area (TPSA) is 77.8 Å². The van der Waals surface area contributed by atoms with E-state index in [1.54, 1.807) is 18.2 Å². The Kier molecular flexibility index (Phi) is 3.95. The van der Waals surface area contributed by atoms with Crippen LogP contribution in [-0.2, 0) is 0 Å². The van der Waals surface area contributed by atoms with Gasteiger partial charge in [0.15, 0.2) is 5.82 Å². The van der Waals surface area contributed by atoms with Gasteiger partial charge in [-0.25, -0.2) is 9.98 Å². The van der Waals surface area contributed by atoms with E-state index in [4.69, 9.17) is 23.2 Å².